The Kier molecular flexibility index (Phi) is 4.35. The van der Waals surface area contributed by atoms with E-state index in [1.54, 1.807) is 7.11 Å². The summed E-state index contributed by atoms with van der Waals surface area (Å²) in [6, 6.07) is 5.37. The lowest BCUT2D eigenvalue weighted by Crippen LogP contribution is -2.31. The summed E-state index contributed by atoms with van der Waals surface area (Å²) in [7, 11) is 1.59. The van der Waals surface area contributed by atoms with Gasteiger partial charge in [-0.05, 0) is 18.4 Å². The second-order valence-electron chi connectivity index (χ2n) is 5.28. The molecule has 0 aliphatic carbocycles. The van der Waals surface area contributed by atoms with E-state index in [2.05, 4.69) is 0 Å². The molecule has 4 nitrogen and oxygen atoms in total. The molecule has 0 spiro atoms. The second-order valence-corrected chi connectivity index (χ2v) is 5.28. The van der Waals surface area contributed by atoms with Crippen molar-refractivity contribution in [2.45, 2.75) is 33.2 Å². The SMILES string of the molecule is COc1ccc(C)cc1C(N)C(C)(C)CC(=O)O. The normalized spacial score (nSPS) is 13.2. The van der Waals surface area contributed by atoms with Crippen molar-refractivity contribution in [1.82, 2.24) is 0 Å². The fourth-order valence-corrected chi connectivity index (χ4v) is 2.02. The Labute approximate surface area is 108 Å². The van der Waals surface area contributed by atoms with Crippen LogP contribution in [0, 0.1) is 12.3 Å². The van der Waals surface area contributed by atoms with Gasteiger partial charge in [0, 0.05) is 11.6 Å². The fraction of sp³-hybridized carbons (Fsp3) is 0.500. The predicted molar refractivity (Wildman–Crippen MR) is 70.7 cm³/mol. The summed E-state index contributed by atoms with van der Waals surface area (Å²) in [6.45, 7) is 5.68. The number of methoxy groups -OCH3 is 1. The highest BCUT2D eigenvalue weighted by Crippen LogP contribution is 2.38. The van der Waals surface area contributed by atoms with Gasteiger partial charge in [0.1, 0.15) is 5.75 Å². The molecule has 1 atom stereocenters. The topological polar surface area (TPSA) is 72.5 Å². The molecule has 100 valence electrons. The van der Waals surface area contributed by atoms with Crippen molar-refractivity contribution in [2.75, 3.05) is 7.11 Å². The third-order valence-corrected chi connectivity index (χ3v) is 3.17. The number of nitrogens with two attached hydrogens (primary N) is 1. The van der Waals surface area contributed by atoms with E-state index < -0.39 is 11.4 Å². The molecule has 3 N–H and O–H groups in total. The minimum absolute atomic E-state index is 0.0191. The maximum Gasteiger partial charge on any atom is 0.303 e. The Morgan fingerprint density at radius 2 is 2.11 bits per heavy atom. The monoisotopic (exact) mass is 251 g/mol. The quantitative estimate of drug-likeness (QED) is 0.843. The first-order valence-electron chi connectivity index (χ1n) is 5.90. The number of aliphatic carboxylic acids is 1. The highest BCUT2D eigenvalue weighted by Gasteiger charge is 2.32. The number of carboxylic acids is 1. The van der Waals surface area contributed by atoms with E-state index in [4.69, 9.17) is 15.6 Å². The summed E-state index contributed by atoms with van der Waals surface area (Å²) in [4.78, 5) is 10.9. The Morgan fingerprint density at radius 3 is 2.61 bits per heavy atom. The molecule has 0 saturated carbocycles. The summed E-state index contributed by atoms with van der Waals surface area (Å²) >= 11 is 0. The van der Waals surface area contributed by atoms with Crippen LogP contribution >= 0.6 is 0 Å². The molecule has 1 rings (SSSR count). The largest absolute Gasteiger partial charge is 0.496 e. The first-order chi connectivity index (χ1) is 8.27. The van der Waals surface area contributed by atoms with Crippen molar-refractivity contribution in [3.05, 3.63) is 29.3 Å². The summed E-state index contributed by atoms with van der Waals surface area (Å²) in [6.07, 6.45) is 0.0191. The van der Waals surface area contributed by atoms with E-state index in [9.17, 15) is 4.79 Å². The zero-order valence-electron chi connectivity index (χ0n) is 11.4. The van der Waals surface area contributed by atoms with Gasteiger partial charge in [-0.3, -0.25) is 4.79 Å². The van der Waals surface area contributed by atoms with Gasteiger partial charge in [0.15, 0.2) is 0 Å². The molecule has 4 heteroatoms. The molecule has 1 aromatic carbocycles. The molecule has 0 heterocycles. The number of benzene rings is 1. The lowest BCUT2D eigenvalue weighted by molar-refractivity contribution is -0.139. The number of rotatable bonds is 5. The van der Waals surface area contributed by atoms with E-state index in [0.717, 1.165) is 11.1 Å². The summed E-state index contributed by atoms with van der Waals surface area (Å²) in [5.74, 6) is -0.145. The molecule has 0 bridgehead atoms. The zero-order valence-corrected chi connectivity index (χ0v) is 11.4. The summed E-state index contributed by atoms with van der Waals surface area (Å²) < 4.78 is 5.29. The lowest BCUT2D eigenvalue weighted by atomic mass is 9.78. The van der Waals surface area contributed by atoms with Gasteiger partial charge in [0.2, 0.25) is 0 Å². The van der Waals surface area contributed by atoms with Gasteiger partial charge in [-0.1, -0.05) is 31.5 Å². The van der Waals surface area contributed by atoms with Crippen LogP contribution in [0.15, 0.2) is 18.2 Å². The highest BCUT2D eigenvalue weighted by atomic mass is 16.5. The second kappa shape index (κ2) is 5.40. The maximum atomic E-state index is 10.9. The Hall–Kier alpha value is -1.55. The highest BCUT2D eigenvalue weighted by molar-refractivity contribution is 5.67. The van der Waals surface area contributed by atoms with Gasteiger partial charge >= 0.3 is 5.97 Å². The lowest BCUT2D eigenvalue weighted by Gasteiger charge is -2.31. The number of carbonyl (C=O) groups is 1. The van der Waals surface area contributed by atoms with E-state index in [1.165, 1.54) is 0 Å². The Morgan fingerprint density at radius 1 is 1.50 bits per heavy atom. The molecule has 0 saturated heterocycles. The van der Waals surface area contributed by atoms with Crippen LogP contribution in [-0.2, 0) is 4.79 Å². The van der Waals surface area contributed by atoms with Crippen LogP contribution < -0.4 is 10.5 Å². The number of carboxylic acid groups (broad SMARTS) is 1. The van der Waals surface area contributed by atoms with Gasteiger partial charge < -0.3 is 15.6 Å². The van der Waals surface area contributed by atoms with Crippen LogP contribution in [-0.4, -0.2) is 18.2 Å². The van der Waals surface area contributed by atoms with Crippen molar-refractivity contribution in [3.63, 3.8) is 0 Å². The minimum Gasteiger partial charge on any atom is -0.496 e. The Balaban J connectivity index is 3.12. The fourth-order valence-electron chi connectivity index (χ4n) is 2.02. The van der Waals surface area contributed by atoms with Crippen molar-refractivity contribution < 1.29 is 14.6 Å². The van der Waals surface area contributed by atoms with Crippen LogP contribution in [0.2, 0.25) is 0 Å². The van der Waals surface area contributed by atoms with Crippen LogP contribution in [0.5, 0.6) is 5.75 Å². The van der Waals surface area contributed by atoms with Gasteiger partial charge in [-0.25, -0.2) is 0 Å². The van der Waals surface area contributed by atoms with E-state index in [0.29, 0.717) is 5.75 Å². The molecule has 0 aliphatic rings. The maximum absolute atomic E-state index is 10.9. The van der Waals surface area contributed by atoms with Gasteiger partial charge in [0.05, 0.1) is 13.5 Å². The summed E-state index contributed by atoms with van der Waals surface area (Å²) in [5, 5.41) is 8.94. The zero-order chi connectivity index (χ0) is 13.9. The van der Waals surface area contributed by atoms with Gasteiger partial charge in [-0.15, -0.1) is 0 Å². The molecular formula is C14H21NO3. The molecule has 0 aromatic heterocycles. The average molecular weight is 251 g/mol. The smallest absolute Gasteiger partial charge is 0.303 e. The van der Waals surface area contributed by atoms with Crippen molar-refractivity contribution in [3.8, 4) is 5.75 Å². The molecule has 0 radical (unpaired) electrons. The van der Waals surface area contributed by atoms with Crippen molar-refractivity contribution in [1.29, 1.82) is 0 Å². The molecule has 0 fully saturated rings. The number of aryl methyl sites for hydroxylation is 1. The molecule has 0 amide bonds. The van der Waals surface area contributed by atoms with Crippen LogP contribution in [0.25, 0.3) is 0 Å². The number of ether oxygens (including phenoxy) is 1. The number of hydrogen-bond acceptors (Lipinski definition) is 3. The standard InChI is InChI=1S/C14H21NO3/c1-9-5-6-11(18-4)10(7-9)13(15)14(2,3)8-12(16)17/h5-7,13H,8,15H2,1-4H3,(H,16,17). The van der Waals surface area contributed by atoms with Crippen LogP contribution in [0.1, 0.15) is 37.4 Å². The van der Waals surface area contributed by atoms with Gasteiger partial charge in [0.25, 0.3) is 0 Å². The van der Waals surface area contributed by atoms with E-state index in [1.807, 2.05) is 39.0 Å². The first kappa shape index (κ1) is 14.5. The van der Waals surface area contributed by atoms with E-state index in [-0.39, 0.29) is 12.5 Å². The van der Waals surface area contributed by atoms with Crippen LogP contribution in [0.3, 0.4) is 0 Å². The number of hydrogen-bond donors (Lipinski definition) is 2. The van der Waals surface area contributed by atoms with E-state index >= 15 is 0 Å². The third-order valence-electron chi connectivity index (χ3n) is 3.17. The van der Waals surface area contributed by atoms with Crippen molar-refractivity contribution in [2.24, 2.45) is 11.1 Å². The molecule has 1 unspecified atom stereocenters. The van der Waals surface area contributed by atoms with Crippen LogP contribution in [0.4, 0.5) is 0 Å². The third kappa shape index (κ3) is 3.23. The molecule has 0 aliphatic heterocycles. The predicted octanol–water partition coefficient (Wildman–Crippen LogP) is 2.50. The molecular weight excluding hydrogens is 230 g/mol. The minimum atomic E-state index is -0.845. The first-order valence-corrected chi connectivity index (χ1v) is 5.90. The van der Waals surface area contributed by atoms with Gasteiger partial charge in [-0.2, -0.15) is 0 Å². The Bertz CT molecular complexity index is 441. The van der Waals surface area contributed by atoms with Crippen molar-refractivity contribution >= 4 is 5.97 Å². The molecule has 1 aromatic rings. The molecule has 18 heavy (non-hydrogen) atoms. The average Bonchev–Trinajstić information content (AvgIpc) is 2.26. The summed E-state index contributed by atoms with van der Waals surface area (Å²) in [5.41, 5.74) is 7.62.